The minimum absolute atomic E-state index is 0.0288. The van der Waals surface area contributed by atoms with Crippen LogP contribution < -0.4 is 10.2 Å². The first-order valence-corrected chi connectivity index (χ1v) is 5.25. The Labute approximate surface area is 96.4 Å². The molecule has 17 heavy (non-hydrogen) atoms. The van der Waals surface area contributed by atoms with Crippen LogP contribution in [-0.2, 0) is 0 Å². The van der Waals surface area contributed by atoms with E-state index in [1.165, 1.54) is 0 Å². The standard InChI is InChI=1S/C12H11N3O2/c1-6-10-11(16)8-5-7(17-2)3-4-9(8)13-12(10)15-14-6/h3-5H,1-2H3,(H2,13,14,15,16). The number of methoxy groups -OCH3 is 1. The molecule has 0 atom stereocenters. The molecule has 0 saturated heterocycles. The van der Waals surface area contributed by atoms with Gasteiger partial charge in [-0.15, -0.1) is 0 Å². The highest BCUT2D eigenvalue weighted by molar-refractivity contribution is 5.92. The summed E-state index contributed by atoms with van der Waals surface area (Å²) in [5.74, 6) is 0.670. The second-order valence-electron chi connectivity index (χ2n) is 3.94. The summed E-state index contributed by atoms with van der Waals surface area (Å²) in [7, 11) is 1.58. The van der Waals surface area contributed by atoms with Gasteiger partial charge in [-0.2, -0.15) is 5.10 Å². The third kappa shape index (κ3) is 1.32. The van der Waals surface area contributed by atoms with Crippen LogP contribution in [0.15, 0.2) is 23.0 Å². The predicted molar refractivity (Wildman–Crippen MR) is 65.5 cm³/mol. The smallest absolute Gasteiger partial charge is 0.200 e. The first-order valence-electron chi connectivity index (χ1n) is 5.25. The van der Waals surface area contributed by atoms with Crippen LogP contribution in [-0.4, -0.2) is 22.3 Å². The number of rotatable bonds is 1. The predicted octanol–water partition coefficient (Wildman–Crippen LogP) is 1.72. The van der Waals surface area contributed by atoms with E-state index in [1.807, 2.05) is 19.1 Å². The monoisotopic (exact) mass is 229 g/mol. The zero-order chi connectivity index (χ0) is 12.0. The second kappa shape index (κ2) is 3.35. The van der Waals surface area contributed by atoms with E-state index in [2.05, 4.69) is 15.2 Å². The Hall–Kier alpha value is -2.30. The van der Waals surface area contributed by atoms with E-state index in [0.29, 0.717) is 22.2 Å². The van der Waals surface area contributed by atoms with Gasteiger partial charge in [-0.25, -0.2) is 0 Å². The SMILES string of the molecule is COc1ccc2[nH]c3n[nH]c(C)c3c(=O)c2c1. The van der Waals surface area contributed by atoms with Gasteiger partial charge in [0.25, 0.3) is 0 Å². The van der Waals surface area contributed by atoms with Crippen molar-refractivity contribution in [3.05, 3.63) is 34.1 Å². The summed E-state index contributed by atoms with van der Waals surface area (Å²) in [5, 5.41) is 8.08. The molecule has 0 spiro atoms. The lowest BCUT2D eigenvalue weighted by Crippen LogP contribution is -2.04. The van der Waals surface area contributed by atoms with Crippen molar-refractivity contribution < 1.29 is 4.74 Å². The van der Waals surface area contributed by atoms with Crippen molar-refractivity contribution in [2.24, 2.45) is 0 Å². The minimum Gasteiger partial charge on any atom is -0.497 e. The molecule has 2 heterocycles. The minimum atomic E-state index is -0.0288. The molecule has 86 valence electrons. The summed E-state index contributed by atoms with van der Waals surface area (Å²) in [6.07, 6.45) is 0. The molecular weight excluding hydrogens is 218 g/mol. The lowest BCUT2D eigenvalue weighted by molar-refractivity contribution is 0.415. The summed E-state index contributed by atoms with van der Waals surface area (Å²) in [6, 6.07) is 5.36. The van der Waals surface area contributed by atoms with Crippen molar-refractivity contribution in [1.82, 2.24) is 15.2 Å². The summed E-state index contributed by atoms with van der Waals surface area (Å²) in [5.41, 5.74) is 2.09. The quantitative estimate of drug-likeness (QED) is 0.667. The number of aromatic nitrogens is 3. The molecule has 0 radical (unpaired) electrons. The number of nitrogens with zero attached hydrogens (tertiary/aromatic N) is 1. The molecule has 5 heteroatoms. The molecular formula is C12H11N3O2. The highest BCUT2D eigenvalue weighted by Gasteiger charge is 2.10. The number of ether oxygens (including phenoxy) is 1. The number of aromatic amines is 2. The van der Waals surface area contributed by atoms with E-state index in [4.69, 9.17) is 4.74 Å². The number of benzene rings is 1. The van der Waals surface area contributed by atoms with Gasteiger partial charge in [-0.05, 0) is 25.1 Å². The van der Waals surface area contributed by atoms with E-state index >= 15 is 0 Å². The zero-order valence-corrected chi connectivity index (χ0v) is 9.50. The average molecular weight is 229 g/mol. The third-order valence-corrected chi connectivity index (χ3v) is 2.90. The molecule has 3 aromatic rings. The molecule has 1 aromatic carbocycles. The van der Waals surface area contributed by atoms with Gasteiger partial charge in [0, 0.05) is 11.1 Å². The van der Waals surface area contributed by atoms with Crippen LogP contribution in [0.5, 0.6) is 5.75 Å². The van der Waals surface area contributed by atoms with Crippen LogP contribution in [0.3, 0.4) is 0 Å². The molecule has 0 aliphatic heterocycles. The van der Waals surface area contributed by atoms with Crippen molar-refractivity contribution in [3.8, 4) is 5.75 Å². The van der Waals surface area contributed by atoms with E-state index in [0.717, 1.165) is 11.2 Å². The van der Waals surface area contributed by atoms with Crippen molar-refractivity contribution in [1.29, 1.82) is 0 Å². The maximum Gasteiger partial charge on any atom is 0.200 e. The molecule has 0 bridgehead atoms. The Bertz CT molecular complexity index is 770. The Morgan fingerprint density at radius 2 is 2.18 bits per heavy atom. The van der Waals surface area contributed by atoms with Gasteiger partial charge >= 0.3 is 0 Å². The van der Waals surface area contributed by atoms with Crippen LogP contribution in [0.2, 0.25) is 0 Å². The lowest BCUT2D eigenvalue weighted by Gasteiger charge is -2.02. The van der Waals surface area contributed by atoms with E-state index in [-0.39, 0.29) is 5.43 Å². The molecule has 5 nitrogen and oxygen atoms in total. The first kappa shape index (κ1) is 9.89. The molecule has 3 rings (SSSR count). The van der Waals surface area contributed by atoms with Gasteiger partial charge in [0.2, 0.25) is 5.43 Å². The normalized spacial score (nSPS) is 11.2. The Morgan fingerprint density at radius 3 is 2.94 bits per heavy atom. The molecule has 0 amide bonds. The summed E-state index contributed by atoms with van der Waals surface area (Å²) in [6.45, 7) is 1.83. The molecule has 2 N–H and O–H groups in total. The number of pyridine rings is 1. The Balaban J connectivity index is 2.53. The molecule has 0 saturated carbocycles. The maximum atomic E-state index is 12.3. The van der Waals surface area contributed by atoms with Gasteiger partial charge in [0.1, 0.15) is 5.75 Å². The van der Waals surface area contributed by atoms with Crippen molar-refractivity contribution in [2.45, 2.75) is 6.92 Å². The van der Waals surface area contributed by atoms with Crippen LogP contribution >= 0.6 is 0 Å². The number of hydrogen-bond acceptors (Lipinski definition) is 3. The van der Waals surface area contributed by atoms with Gasteiger partial charge < -0.3 is 9.72 Å². The van der Waals surface area contributed by atoms with Crippen LogP contribution in [0.1, 0.15) is 5.69 Å². The molecule has 0 unspecified atom stereocenters. The average Bonchev–Trinajstić information content (AvgIpc) is 2.71. The third-order valence-electron chi connectivity index (χ3n) is 2.90. The Kier molecular flexibility index (Phi) is 1.95. The summed E-state index contributed by atoms with van der Waals surface area (Å²) < 4.78 is 5.12. The van der Waals surface area contributed by atoms with Crippen LogP contribution in [0.4, 0.5) is 0 Å². The van der Waals surface area contributed by atoms with Crippen molar-refractivity contribution in [2.75, 3.05) is 7.11 Å². The molecule has 2 aromatic heterocycles. The van der Waals surface area contributed by atoms with Crippen LogP contribution in [0.25, 0.3) is 21.9 Å². The summed E-state index contributed by atoms with van der Waals surface area (Å²) in [4.78, 5) is 15.4. The zero-order valence-electron chi connectivity index (χ0n) is 9.50. The van der Waals surface area contributed by atoms with Crippen LogP contribution in [0, 0.1) is 6.92 Å². The number of nitrogens with one attached hydrogen (secondary N) is 2. The number of aryl methyl sites for hydroxylation is 1. The van der Waals surface area contributed by atoms with Gasteiger partial charge in [0.15, 0.2) is 5.65 Å². The molecule has 0 aliphatic rings. The highest BCUT2D eigenvalue weighted by Crippen LogP contribution is 2.19. The van der Waals surface area contributed by atoms with E-state index in [1.54, 1.807) is 13.2 Å². The van der Waals surface area contributed by atoms with Gasteiger partial charge in [-0.3, -0.25) is 9.89 Å². The largest absolute Gasteiger partial charge is 0.497 e. The summed E-state index contributed by atoms with van der Waals surface area (Å²) >= 11 is 0. The fraction of sp³-hybridized carbons (Fsp3) is 0.167. The lowest BCUT2D eigenvalue weighted by atomic mass is 10.1. The van der Waals surface area contributed by atoms with Gasteiger partial charge in [0.05, 0.1) is 18.0 Å². The number of fused-ring (bicyclic) bond motifs is 2. The highest BCUT2D eigenvalue weighted by atomic mass is 16.5. The fourth-order valence-corrected chi connectivity index (χ4v) is 2.01. The maximum absolute atomic E-state index is 12.3. The topological polar surface area (TPSA) is 70.8 Å². The van der Waals surface area contributed by atoms with E-state index in [9.17, 15) is 4.79 Å². The fourth-order valence-electron chi connectivity index (χ4n) is 2.01. The second-order valence-corrected chi connectivity index (χ2v) is 3.94. The molecule has 0 aliphatic carbocycles. The van der Waals surface area contributed by atoms with Crippen molar-refractivity contribution in [3.63, 3.8) is 0 Å². The number of hydrogen-bond donors (Lipinski definition) is 2. The van der Waals surface area contributed by atoms with E-state index < -0.39 is 0 Å². The van der Waals surface area contributed by atoms with Gasteiger partial charge in [-0.1, -0.05) is 0 Å². The van der Waals surface area contributed by atoms with Crippen molar-refractivity contribution >= 4 is 21.9 Å². The number of H-pyrrole nitrogens is 2. The Morgan fingerprint density at radius 1 is 1.35 bits per heavy atom. The molecule has 0 fully saturated rings. The first-order chi connectivity index (χ1) is 8.20.